The molecule has 3 N–H and O–H groups in total. The van der Waals surface area contributed by atoms with Crippen LogP contribution in [0.3, 0.4) is 0 Å². The summed E-state index contributed by atoms with van der Waals surface area (Å²) in [4.78, 5) is 9.66. The maximum atomic E-state index is 12.9. The molecular formula is C13H16F3N3O2. The van der Waals surface area contributed by atoms with Crippen molar-refractivity contribution in [2.45, 2.75) is 43.9 Å². The molecule has 1 aliphatic carbocycles. The second-order valence-corrected chi connectivity index (χ2v) is 5.24. The molecule has 0 atom stereocenters. The van der Waals surface area contributed by atoms with E-state index in [2.05, 4.69) is 5.32 Å². The largest absolute Gasteiger partial charge is 0.423 e. The lowest BCUT2D eigenvalue weighted by Crippen LogP contribution is -2.32. The number of alkyl halides is 3. The van der Waals surface area contributed by atoms with Crippen LogP contribution in [0, 0.1) is 10.1 Å². The number of hydrogen-bond donors (Lipinski definition) is 2. The predicted molar refractivity (Wildman–Crippen MR) is 72.0 cm³/mol. The lowest BCUT2D eigenvalue weighted by atomic mass is 9.91. The molecule has 8 heteroatoms. The van der Waals surface area contributed by atoms with Crippen LogP contribution in [0.2, 0.25) is 0 Å². The Bertz CT molecular complexity index is 526. The summed E-state index contributed by atoms with van der Waals surface area (Å²) in [5.74, 6) is 0. The molecule has 1 aromatic carbocycles. The average molecular weight is 303 g/mol. The van der Waals surface area contributed by atoms with Crippen molar-refractivity contribution in [2.75, 3.05) is 5.32 Å². The molecule has 0 spiro atoms. The predicted octanol–water partition coefficient (Wildman–Crippen LogP) is 3.30. The van der Waals surface area contributed by atoms with Gasteiger partial charge < -0.3 is 11.1 Å². The molecule has 0 amide bonds. The number of halogens is 3. The first kappa shape index (κ1) is 15.6. The molecule has 1 aromatic rings. The summed E-state index contributed by atoms with van der Waals surface area (Å²) in [7, 11) is 0. The van der Waals surface area contributed by atoms with Crippen LogP contribution >= 0.6 is 0 Å². The van der Waals surface area contributed by atoms with Gasteiger partial charge >= 0.3 is 6.18 Å². The van der Waals surface area contributed by atoms with Crippen LogP contribution in [-0.2, 0) is 6.18 Å². The number of nitro groups is 1. The highest BCUT2D eigenvalue weighted by atomic mass is 19.4. The van der Waals surface area contributed by atoms with E-state index in [0.717, 1.165) is 37.8 Å². The summed E-state index contributed by atoms with van der Waals surface area (Å²) in [5, 5.41) is 13.7. The molecule has 5 nitrogen and oxygen atoms in total. The third kappa shape index (κ3) is 3.84. The number of nitrogens with one attached hydrogen (secondary N) is 1. The average Bonchev–Trinajstić information content (AvgIpc) is 2.40. The summed E-state index contributed by atoms with van der Waals surface area (Å²) in [6, 6.07) is 3.19. The first-order chi connectivity index (χ1) is 9.77. The highest BCUT2D eigenvalue weighted by molar-refractivity contribution is 5.55. The van der Waals surface area contributed by atoms with Crippen molar-refractivity contribution in [1.29, 1.82) is 0 Å². The fourth-order valence-electron chi connectivity index (χ4n) is 2.51. The van der Waals surface area contributed by atoms with E-state index in [9.17, 15) is 23.3 Å². The van der Waals surface area contributed by atoms with Gasteiger partial charge in [0.25, 0.3) is 5.69 Å². The van der Waals surface area contributed by atoms with Gasteiger partial charge in [-0.2, -0.15) is 13.2 Å². The van der Waals surface area contributed by atoms with E-state index in [4.69, 9.17) is 5.73 Å². The first-order valence-electron chi connectivity index (χ1n) is 6.65. The minimum atomic E-state index is -4.75. The highest BCUT2D eigenvalue weighted by Gasteiger charge is 2.38. The third-order valence-electron chi connectivity index (χ3n) is 3.64. The Hall–Kier alpha value is -1.83. The summed E-state index contributed by atoms with van der Waals surface area (Å²) >= 11 is 0. The zero-order chi connectivity index (χ0) is 15.6. The van der Waals surface area contributed by atoms with Crippen molar-refractivity contribution >= 4 is 11.4 Å². The van der Waals surface area contributed by atoms with E-state index in [-0.39, 0.29) is 17.8 Å². The monoisotopic (exact) mass is 303 g/mol. The molecule has 0 unspecified atom stereocenters. The zero-order valence-corrected chi connectivity index (χ0v) is 11.2. The number of nitrogens with zero attached hydrogens (tertiary/aromatic N) is 1. The molecule has 0 aromatic heterocycles. The summed E-state index contributed by atoms with van der Waals surface area (Å²) < 4.78 is 38.6. The van der Waals surface area contributed by atoms with Crippen LogP contribution in [0.4, 0.5) is 24.5 Å². The van der Waals surface area contributed by atoms with Crippen LogP contribution in [0.5, 0.6) is 0 Å². The fourth-order valence-corrected chi connectivity index (χ4v) is 2.51. The van der Waals surface area contributed by atoms with E-state index in [1.54, 1.807) is 0 Å². The standard InChI is InChI=1S/C13H16F3N3O2/c14-13(15,16)11-7-10(5-6-12(11)19(20)21)18-9-3-1-8(17)2-4-9/h5-9,18H,1-4,17H2. The minimum Gasteiger partial charge on any atom is -0.382 e. The number of nitro benzene ring substituents is 1. The Kier molecular flexibility index (Phi) is 4.36. The van der Waals surface area contributed by atoms with Crippen LogP contribution in [0.1, 0.15) is 31.2 Å². The quantitative estimate of drug-likeness (QED) is 0.663. The van der Waals surface area contributed by atoms with E-state index < -0.39 is 22.4 Å². The molecule has 0 saturated heterocycles. The van der Waals surface area contributed by atoms with E-state index in [1.807, 2.05) is 0 Å². The fraction of sp³-hybridized carbons (Fsp3) is 0.538. The lowest BCUT2D eigenvalue weighted by molar-refractivity contribution is -0.388. The smallest absolute Gasteiger partial charge is 0.382 e. The molecular weight excluding hydrogens is 287 g/mol. The number of nitrogens with two attached hydrogens (primary N) is 1. The van der Waals surface area contributed by atoms with Gasteiger partial charge in [0.15, 0.2) is 0 Å². The van der Waals surface area contributed by atoms with Gasteiger partial charge in [-0.25, -0.2) is 0 Å². The molecule has 0 radical (unpaired) electrons. The van der Waals surface area contributed by atoms with Crippen molar-refractivity contribution < 1.29 is 18.1 Å². The first-order valence-corrected chi connectivity index (χ1v) is 6.65. The van der Waals surface area contributed by atoms with Gasteiger partial charge in [-0.1, -0.05) is 0 Å². The van der Waals surface area contributed by atoms with Crippen LogP contribution < -0.4 is 11.1 Å². The van der Waals surface area contributed by atoms with Gasteiger partial charge in [0, 0.05) is 23.8 Å². The Balaban J connectivity index is 2.20. The van der Waals surface area contributed by atoms with Gasteiger partial charge in [-0.05, 0) is 37.8 Å². The topological polar surface area (TPSA) is 81.2 Å². The zero-order valence-electron chi connectivity index (χ0n) is 11.2. The minimum absolute atomic E-state index is 0.0485. The van der Waals surface area contributed by atoms with Crippen molar-refractivity contribution in [3.8, 4) is 0 Å². The summed E-state index contributed by atoms with van der Waals surface area (Å²) in [6.45, 7) is 0. The van der Waals surface area contributed by atoms with E-state index in [0.29, 0.717) is 0 Å². The van der Waals surface area contributed by atoms with Gasteiger partial charge in [0.05, 0.1) is 4.92 Å². The van der Waals surface area contributed by atoms with Crippen LogP contribution in [0.25, 0.3) is 0 Å². The van der Waals surface area contributed by atoms with Gasteiger partial charge in [0.2, 0.25) is 0 Å². The number of rotatable bonds is 3. The van der Waals surface area contributed by atoms with Gasteiger partial charge in [0.1, 0.15) is 5.56 Å². The maximum Gasteiger partial charge on any atom is 0.423 e. The van der Waals surface area contributed by atoms with Crippen molar-refractivity contribution in [3.05, 3.63) is 33.9 Å². The lowest BCUT2D eigenvalue weighted by Gasteiger charge is -2.27. The van der Waals surface area contributed by atoms with Crippen LogP contribution in [-0.4, -0.2) is 17.0 Å². The third-order valence-corrected chi connectivity index (χ3v) is 3.64. The molecule has 0 heterocycles. The second kappa shape index (κ2) is 5.88. The van der Waals surface area contributed by atoms with Gasteiger partial charge in [-0.3, -0.25) is 10.1 Å². The SMILES string of the molecule is NC1CCC(Nc2ccc([N+](=O)[O-])c(C(F)(F)F)c2)CC1. The number of hydrogen-bond acceptors (Lipinski definition) is 4. The molecule has 0 bridgehead atoms. The molecule has 116 valence electrons. The summed E-state index contributed by atoms with van der Waals surface area (Å²) in [6.07, 6.45) is -1.57. The van der Waals surface area contributed by atoms with Crippen molar-refractivity contribution in [3.63, 3.8) is 0 Å². The second-order valence-electron chi connectivity index (χ2n) is 5.24. The molecule has 1 aliphatic rings. The number of benzene rings is 1. The molecule has 1 saturated carbocycles. The highest BCUT2D eigenvalue weighted by Crippen LogP contribution is 2.38. The molecule has 1 fully saturated rings. The molecule has 2 rings (SSSR count). The van der Waals surface area contributed by atoms with Crippen molar-refractivity contribution in [1.82, 2.24) is 0 Å². The molecule has 21 heavy (non-hydrogen) atoms. The Morgan fingerprint density at radius 3 is 2.38 bits per heavy atom. The van der Waals surface area contributed by atoms with Crippen LogP contribution in [0.15, 0.2) is 18.2 Å². The van der Waals surface area contributed by atoms with Crippen molar-refractivity contribution in [2.24, 2.45) is 5.73 Å². The summed E-state index contributed by atoms with van der Waals surface area (Å²) in [5.41, 5.74) is 3.85. The van der Waals surface area contributed by atoms with E-state index >= 15 is 0 Å². The normalized spacial score (nSPS) is 22.9. The Morgan fingerprint density at radius 1 is 1.24 bits per heavy atom. The van der Waals surface area contributed by atoms with Gasteiger partial charge in [-0.15, -0.1) is 0 Å². The Morgan fingerprint density at radius 2 is 1.86 bits per heavy atom. The maximum absolute atomic E-state index is 12.9. The Labute approximate surface area is 119 Å². The molecule has 0 aliphatic heterocycles. The number of anilines is 1. The van der Waals surface area contributed by atoms with E-state index in [1.165, 1.54) is 6.07 Å².